The van der Waals surface area contributed by atoms with Gasteiger partial charge in [-0.25, -0.2) is 0 Å². The lowest BCUT2D eigenvalue weighted by Gasteiger charge is -2.35. The van der Waals surface area contributed by atoms with Crippen molar-refractivity contribution in [3.05, 3.63) is 23.8 Å². The molecule has 2 unspecified atom stereocenters. The molecular formula is C15H23N3O. The topological polar surface area (TPSA) is 58.4 Å². The Morgan fingerprint density at radius 3 is 2.84 bits per heavy atom. The van der Waals surface area contributed by atoms with Gasteiger partial charge in [0.2, 0.25) is 0 Å². The summed E-state index contributed by atoms with van der Waals surface area (Å²) >= 11 is 0. The van der Waals surface area contributed by atoms with Crippen LogP contribution in [0.25, 0.3) is 0 Å². The minimum absolute atomic E-state index is 0.0116. The number of rotatable bonds is 3. The third-order valence-electron chi connectivity index (χ3n) is 3.89. The van der Waals surface area contributed by atoms with Gasteiger partial charge in [0.1, 0.15) is 0 Å². The monoisotopic (exact) mass is 261 g/mol. The van der Waals surface area contributed by atoms with Crippen molar-refractivity contribution in [2.75, 3.05) is 31.2 Å². The minimum Gasteiger partial charge on any atom is -0.398 e. The molecule has 1 aromatic carbocycles. The van der Waals surface area contributed by atoms with E-state index >= 15 is 0 Å². The number of nitrogens with zero attached hydrogens (tertiary/aromatic N) is 1. The lowest BCUT2D eigenvalue weighted by atomic mass is 9.94. The number of hydrogen-bond acceptors (Lipinski definition) is 4. The van der Waals surface area contributed by atoms with Crippen molar-refractivity contribution in [2.45, 2.75) is 26.3 Å². The molecule has 0 radical (unpaired) electrons. The average Bonchev–Trinajstić information content (AvgIpc) is 2.34. The number of benzene rings is 1. The molecule has 0 aromatic heterocycles. The fourth-order valence-corrected chi connectivity index (χ4v) is 2.73. The Morgan fingerprint density at radius 2 is 2.21 bits per heavy atom. The summed E-state index contributed by atoms with van der Waals surface area (Å²) in [7, 11) is 2.16. The van der Waals surface area contributed by atoms with Crippen LogP contribution in [-0.2, 0) is 0 Å². The summed E-state index contributed by atoms with van der Waals surface area (Å²) < 4.78 is 0. The molecule has 2 atom stereocenters. The van der Waals surface area contributed by atoms with Crippen LogP contribution in [0.5, 0.6) is 0 Å². The number of hydrogen-bond donors (Lipinski definition) is 2. The molecule has 0 saturated carbocycles. The molecule has 0 amide bonds. The van der Waals surface area contributed by atoms with Gasteiger partial charge in [-0.05, 0) is 51.1 Å². The van der Waals surface area contributed by atoms with Crippen molar-refractivity contribution in [3.8, 4) is 0 Å². The SMILES string of the molecule is CC(=O)c1cc(NC2CCN(C)CC2C)ccc1N. The summed E-state index contributed by atoms with van der Waals surface area (Å²) in [4.78, 5) is 13.9. The van der Waals surface area contributed by atoms with E-state index in [1.807, 2.05) is 12.1 Å². The molecule has 0 bridgehead atoms. The highest BCUT2D eigenvalue weighted by atomic mass is 16.1. The molecule has 1 aliphatic rings. The van der Waals surface area contributed by atoms with E-state index in [4.69, 9.17) is 5.73 Å². The number of piperidine rings is 1. The second-order valence-electron chi connectivity index (χ2n) is 5.64. The first-order chi connectivity index (χ1) is 8.97. The number of ketones is 1. The number of nitrogens with one attached hydrogen (secondary N) is 1. The van der Waals surface area contributed by atoms with E-state index in [1.54, 1.807) is 13.0 Å². The van der Waals surface area contributed by atoms with Crippen LogP contribution in [0.4, 0.5) is 11.4 Å². The lowest BCUT2D eigenvalue weighted by Crippen LogP contribution is -2.43. The summed E-state index contributed by atoms with van der Waals surface area (Å²) in [5.41, 5.74) is 7.95. The lowest BCUT2D eigenvalue weighted by molar-refractivity contribution is 0.101. The first kappa shape index (κ1) is 13.9. The Hall–Kier alpha value is -1.55. The Balaban J connectivity index is 2.11. The molecule has 1 fully saturated rings. The van der Waals surface area contributed by atoms with Gasteiger partial charge >= 0.3 is 0 Å². The van der Waals surface area contributed by atoms with Crippen LogP contribution in [0.1, 0.15) is 30.6 Å². The molecule has 1 aliphatic heterocycles. The van der Waals surface area contributed by atoms with E-state index < -0.39 is 0 Å². The van der Waals surface area contributed by atoms with E-state index in [1.165, 1.54) is 0 Å². The molecule has 1 saturated heterocycles. The highest BCUT2D eigenvalue weighted by Gasteiger charge is 2.24. The van der Waals surface area contributed by atoms with E-state index in [2.05, 4.69) is 24.2 Å². The second kappa shape index (κ2) is 5.61. The minimum atomic E-state index is 0.0116. The summed E-state index contributed by atoms with van der Waals surface area (Å²) in [5.74, 6) is 0.606. The van der Waals surface area contributed by atoms with Gasteiger partial charge in [-0.15, -0.1) is 0 Å². The Labute approximate surface area is 115 Å². The van der Waals surface area contributed by atoms with Gasteiger partial charge in [-0.3, -0.25) is 4.79 Å². The number of carbonyl (C=O) groups is 1. The molecule has 3 N–H and O–H groups in total. The fourth-order valence-electron chi connectivity index (χ4n) is 2.73. The zero-order valence-corrected chi connectivity index (χ0v) is 11.9. The van der Waals surface area contributed by atoms with Crippen LogP contribution in [0.3, 0.4) is 0 Å². The number of nitrogen functional groups attached to an aromatic ring is 1. The van der Waals surface area contributed by atoms with E-state index in [0.29, 0.717) is 23.2 Å². The van der Waals surface area contributed by atoms with Crippen LogP contribution in [0.15, 0.2) is 18.2 Å². The highest BCUT2D eigenvalue weighted by molar-refractivity contribution is 6.00. The van der Waals surface area contributed by atoms with Crippen molar-refractivity contribution >= 4 is 17.2 Å². The molecule has 19 heavy (non-hydrogen) atoms. The van der Waals surface area contributed by atoms with Crippen molar-refractivity contribution in [2.24, 2.45) is 5.92 Å². The van der Waals surface area contributed by atoms with E-state index in [0.717, 1.165) is 25.2 Å². The number of nitrogens with two attached hydrogens (primary N) is 1. The van der Waals surface area contributed by atoms with Crippen molar-refractivity contribution in [1.82, 2.24) is 4.90 Å². The molecule has 1 aromatic rings. The fraction of sp³-hybridized carbons (Fsp3) is 0.533. The largest absolute Gasteiger partial charge is 0.398 e. The molecule has 4 heteroatoms. The maximum Gasteiger partial charge on any atom is 0.161 e. The van der Waals surface area contributed by atoms with Gasteiger partial charge in [-0.2, -0.15) is 0 Å². The molecule has 104 valence electrons. The maximum absolute atomic E-state index is 11.5. The third-order valence-corrected chi connectivity index (χ3v) is 3.89. The molecule has 0 aliphatic carbocycles. The van der Waals surface area contributed by atoms with Gasteiger partial charge < -0.3 is 16.0 Å². The molecule has 2 rings (SSSR count). The zero-order chi connectivity index (χ0) is 14.0. The van der Waals surface area contributed by atoms with Gasteiger partial charge in [0, 0.05) is 29.5 Å². The Morgan fingerprint density at radius 1 is 1.47 bits per heavy atom. The van der Waals surface area contributed by atoms with Gasteiger partial charge in [0.15, 0.2) is 5.78 Å². The molecular weight excluding hydrogens is 238 g/mol. The summed E-state index contributed by atoms with van der Waals surface area (Å²) in [6.07, 6.45) is 1.12. The normalized spacial score (nSPS) is 24.2. The summed E-state index contributed by atoms with van der Waals surface area (Å²) in [6.45, 7) is 6.02. The van der Waals surface area contributed by atoms with Crippen LogP contribution in [-0.4, -0.2) is 36.9 Å². The van der Waals surface area contributed by atoms with E-state index in [9.17, 15) is 4.79 Å². The van der Waals surface area contributed by atoms with Gasteiger partial charge in [0.05, 0.1) is 0 Å². The third kappa shape index (κ3) is 3.26. The van der Waals surface area contributed by atoms with Crippen LogP contribution < -0.4 is 11.1 Å². The van der Waals surface area contributed by atoms with E-state index in [-0.39, 0.29) is 5.78 Å². The van der Waals surface area contributed by atoms with Crippen LogP contribution in [0, 0.1) is 5.92 Å². The predicted molar refractivity (Wildman–Crippen MR) is 79.5 cm³/mol. The first-order valence-corrected chi connectivity index (χ1v) is 6.83. The number of carbonyl (C=O) groups excluding carboxylic acids is 1. The molecule has 1 heterocycles. The quantitative estimate of drug-likeness (QED) is 0.647. The van der Waals surface area contributed by atoms with Crippen LogP contribution >= 0.6 is 0 Å². The van der Waals surface area contributed by atoms with Crippen LogP contribution in [0.2, 0.25) is 0 Å². The standard InChI is InChI=1S/C15H23N3O/c1-10-9-18(3)7-6-15(10)17-12-4-5-14(16)13(8-12)11(2)19/h4-5,8,10,15,17H,6-7,9,16H2,1-3H3. The highest BCUT2D eigenvalue weighted by Crippen LogP contribution is 2.23. The Bertz CT molecular complexity index is 472. The van der Waals surface area contributed by atoms with Crippen molar-refractivity contribution < 1.29 is 4.79 Å². The second-order valence-corrected chi connectivity index (χ2v) is 5.64. The number of anilines is 2. The molecule has 0 spiro atoms. The summed E-state index contributed by atoms with van der Waals surface area (Å²) in [5, 5.41) is 3.54. The van der Waals surface area contributed by atoms with Gasteiger partial charge in [-0.1, -0.05) is 6.92 Å². The number of Topliss-reactive ketones (excluding diaryl/α,β-unsaturated/α-hetero) is 1. The van der Waals surface area contributed by atoms with Crippen molar-refractivity contribution in [1.29, 1.82) is 0 Å². The summed E-state index contributed by atoms with van der Waals surface area (Å²) in [6, 6.07) is 6.08. The average molecular weight is 261 g/mol. The van der Waals surface area contributed by atoms with Crippen molar-refractivity contribution in [3.63, 3.8) is 0 Å². The zero-order valence-electron chi connectivity index (χ0n) is 11.9. The predicted octanol–water partition coefficient (Wildman–Crippen LogP) is 2.22. The molecule has 4 nitrogen and oxygen atoms in total. The number of likely N-dealkylation sites (tertiary alicyclic amines) is 1. The first-order valence-electron chi connectivity index (χ1n) is 6.83. The Kier molecular flexibility index (Phi) is 4.10. The maximum atomic E-state index is 11.5. The smallest absolute Gasteiger partial charge is 0.161 e. The van der Waals surface area contributed by atoms with Gasteiger partial charge in [0.25, 0.3) is 0 Å².